The number of amides is 1. The summed E-state index contributed by atoms with van der Waals surface area (Å²) in [5, 5.41) is 7.27. The molecule has 21 heavy (non-hydrogen) atoms. The first-order valence-electron chi connectivity index (χ1n) is 5.43. The van der Waals surface area contributed by atoms with Crippen LogP contribution < -0.4 is 10.5 Å². The molecule has 0 saturated carbocycles. The molecule has 0 aliphatic heterocycles. The first-order chi connectivity index (χ1) is 9.70. The summed E-state index contributed by atoms with van der Waals surface area (Å²) in [6.07, 6.45) is 1.12. The van der Waals surface area contributed by atoms with Gasteiger partial charge < -0.3 is 9.73 Å². The van der Waals surface area contributed by atoms with Gasteiger partial charge in [-0.3, -0.25) is 4.79 Å². The molecule has 0 spiro atoms. The Morgan fingerprint density at radius 3 is 2.33 bits per heavy atom. The third kappa shape index (κ3) is 3.35. The zero-order valence-electron chi connectivity index (χ0n) is 10.6. The molecule has 1 aromatic heterocycles. The van der Waals surface area contributed by atoms with E-state index in [0.717, 1.165) is 18.5 Å². The Bertz CT molecular complexity index is 794. The number of nitrogens with one attached hydrogen (secondary N) is 1. The number of sulfonamides is 1. The predicted molar refractivity (Wildman–Crippen MR) is 77.0 cm³/mol. The highest BCUT2D eigenvalue weighted by atomic mass is 35.5. The number of benzene rings is 1. The molecule has 0 saturated heterocycles. The number of carbonyl (C=O) groups excluding carboxylic acids is 1. The second-order valence-corrected chi connectivity index (χ2v) is 6.40. The number of primary sulfonamides is 1. The molecule has 0 aliphatic carbocycles. The summed E-state index contributed by atoms with van der Waals surface area (Å²) >= 11 is 11.8. The molecule has 0 unspecified atom stereocenters. The highest BCUT2D eigenvalue weighted by molar-refractivity contribution is 7.89. The van der Waals surface area contributed by atoms with Crippen molar-refractivity contribution >= 4 is 44.8 Å². The summed E-state index contributed by atoms with van der Waals surface area (Å²) in [6.45, 7) is 1.59. The zero-order valence-corrected chi connectivity index (χ0v) is 12.9. The zero-order chi connectivity index (χ0) is 15.8. The van der Waals surface area contributed by atoms with Crippen molar-refractivity contribution in [1.29, 1.82) is 0 Å². The lowest BCUT2D eigenvalue weighted by Crippen LogP contribution is -2.15. The number of carbonyl (C=O) groups is 1. The van der Waals surface area contributed by atoms with Crippen LogP contribution in [-0.2, 0) is 10.0 Å². The van der Waals surface area contributed by atoms with Crippen molar-refractivity contribution in [1.82, 2.24) is 4.98 Å². The Balaban J connectivity index is 2.38. The maximum atomic E-state index is 12.0. The maximum absolute atomic E-state index is 12.0. The Hall–Kier alpha value is -1.61. The summed E-state index contributed by atoms with van der Waals surface area (Å²) in [4.78, 5) is 15.5. The lowest BCUT2D eigenvalue weighted by Gasteiger charge is -2.10. The standard InChI is InChI=1S/C11H9Cl2N3O4S/c1-5-10(20-4-15-5)11(17)16-9-7(12)2-6(3-8(9)13)21(14,18)19/h2-4H,1H3,(H,16,17)(H2,14,18,19). The van der Waals surface area contributed by atoms with Crippen LogP contribution in [0.3, 0.4) is 0 Å². The minimum Gasteiger partial charge on any atom is -0.438 e. The van der Waals surface area contributed by atoms with E-state index in [-0.39, 0.29) is 26.4 Å². The van der Waals surface area contributed by atoms with Crippen LogP contribution in [0.2, 0.25) is 10.0 Å². The lowest BCUT2D eigenvalue weighted by atomic mass is 10.3. The first-order valence-corrected chi connectivity index (χ1v) is 7.73. The smallest absolute Gasteiger partial charge is 0.293 e. The molecule has 2 rings (SSSR count). The van der Waals surface area contributed by atoms with Crippen molar-refractivity contribution < 1.29 is 17.6 Å². The van der Waals surface area contributed by atoms with Crippen LogP contribution in [0.15, 0.2) is 27.8 Å². The topological polar surface area (TPSA) is 115 Å². The normalized spacial score (nSPS) is 11.4. The first kappa shape index (κ1) is 15.8. The largest absolute Gasteiger partial charge is 0.438 e. The third-order valence-corrected chi connectivity index (χ3v) is 4.02. The average Bonchev–Trinajstić information content (AvgIpc) is 2.78. The van der Waals surface area contributed by atoms with Crippen molar-refractivity contribution in [3.05, 3.63) is 40.0 Å². The van der Waals surface area contributed by atoms with Gasteiger partial charge in [-0.2, -0.15) is 0 Å². The highest BCUT2D eigenvalue weighted by Gasteiger charge is 2.19. The monoisotopic (exact) mass is 349 g/mol. The predicted octanol–water partition coefficient (Wildman–Crippen LogP) is 2.19. The molecule has 2 aromatic rings. The number of hydrogen-bond donors (Lipinski definition) is 2. The van der Waals surface area contributed by atoms with Gasteiger partial charge in [-0.25, -0.2) is 18.5 Å². The van der Waals surface area contributed by atoms with Gasteiger partial charge in [-0.15, -0.1) is 0 Å². The van der Waals surface area contributed by atoms with Gasteiger partial charge in [0.15, 0.2) is 6.39 Å². The molecule has 0 fully saturated rings. The Labute approximate surface area is 130 Å². The SMILES string of the molecule is Cc1ncoc1C(=O)Nc1c(Cl)cc(S(N)(=O)=O)cc1Cl. The molecule has 1 heterocycles. The molecule has 0 aliphatic rings. The van der Waals surface area contributed by atoms with Crippen LogP contribution in [0.5, 0.6) is 0 Å². The molecule has 1 amide bonds. The van der Waals surface area contributed by atoms with Gasteiger partial charge in [-0.05, 0) is 19.1 Å². The van der Waals surface area contributed by atoms with Crippen LogP contribution in [0.1, 0.15) is 16.2 Å². The van der Waals surface area contributed by atoms with Crippen molar-refractivity contribution in [2.45, 2.75) is 11.8 Å². The Morgan fingerprint density at radius 1 is 1.33 bits per heavy atom. The molecule has 10 heteroatoms. The average molecular weight is 350 g/mol. The van der Waals surface area contributed by atoms with Crippen molar-refractivity contribution in [2.75, 3.05) is 5.32 Å². The fourth-order valence-electron chi connectivity index (χ4n) is 1.52. The fraction of sp³-hybridized carbons (Fsp3) is 0.0909. The van der Waals surface area contributed by atoms with Gasteiger partial charge in [0.2, 0.25) is 15.8 Å². The van der Waals surface area contributed by atoms with E-state index in [4.69, 9.17) is 32.8 Å². The third-order valence-electron chi connectivity index (χ3n) is 2.53. The van der Waals surface area contributed by atoms with Crippen LogP contribution in [0.4, 0.5) is 5.69 Å². The minimum atomic E-state index is -3.95. The lowest BCUT2D eigenvalue weighted by molar-refractivity contribution is 0.0996. The van der Waals surface area contributed by atoms with E-state index in [9.17, 15) is 13.2 Å². The van der Waals surface area contributed by atoms with Crippen LogP contribution in [-0.4, -0.2) is 19.3 Å². The number of hydrogen-bond acceptors (Lipinski definition) is 5. The summed E-state index contributed by atoms with van der Waals surface area (Å²) in [7, 11) is -3.95. The number of halogens is 2. The van der Waals surface area contributed by atoms with E-state index in [1.54, 1.807) is 6.92 Å². The molecular formula is C11H9Cl2N3O4S. The number of nitrogens with two attached hydrogens (primary N) is 1. The molecule has 112 valence electrons. The second-order valence-electron chi connectivity index (χ2n) is 4.03. The van der Waals surface area contributed by atoms with Crippen LogP contribution in [0, 0.1) is 6.92 Å². The fourth-order valence-corrected chi connectivity index (χ4v) is 2.80. The van der Waals surface area contributed by atoms with Crippen LogP contribution >= 0.6 is 23.2 Å². The maximum Gasteiger partial charge on any atom is 0.293 e. The van der Waals surface area contributed by atoms with Crippen molar-refractivity contribution in [3.63, 3.8) is 0 Å². The highest BCUT2D eigenvalue weighted by Crippen LogP contribution is 2.33. The van der Waals surface area contributed by atoms with E-state index >= 15 is 0 Å². The molecule has 7 nitrogen and oxygen atoms in total. The molecular weight excluding hydrogens is 341 g/mol. The number of anilines is 1. The van der Waals surface area contributed by atoms with E-state index in [0.29, 0.717) is 5.69 Å². The van der Waals surface area contributed by atoms with Gasteiger partial charge in [0.1, 0.15) is 0 Å². The minimum absolute atomic E-state index is 0.00217. The van der Waals surface area contributed by atoms with E-state index in [2.05, 4.69) is 10.3 Å². The van der Waals surface area contributed by atoms with E-state index < -0.39 is 15.9 Å². The van der Waals surface area contributed by atoms with Gasteiger partial charge in [0.25, 0.3) is 5.91 Å². The van der Waals surface area contributed by atoms with Crippen molar-refractivity contribution in [2.24, 2.45) is 5.14 Å². The molecule has 1 aromatic carbocycles. The van der Waals surface area contributed by atoms with Gasteiger partial charge >= 0.3 is 0 Å². The molecule has 0 atom stereocenters. The number of rotatable bonds is 3. The van der Waals surface area contributed by atoms with Gasteiger partial charge in [0, 0.05) is 0 Å². The van der Waals surface area contributed by atoms with E-state index in [1.165, 1.54) is 0 Å². The number of nitrogens with zero attached hydrogens (tertiary/aromatic N) is 1. The Morgan fingerprint density at radius 2 is 1.90 bits per heavy atom. The summed E-state index contributed by atoms with van der Waals surface area (Å²) in [5.41, 5.74) is 0.437. The molecule has 0 radical (unpaired) electrons. The summed E-state index contributed by atoms with van der Waals surface area (Å²) < 4.78 is 27.4. The van der Waals surface area contributed by atoms with Crippen molar-refractivity contribution in [3.8, 4) is 0 Å². The van der Waals surface area contributed by atoms with Crippen LogP contribution in [0.25, 0.3) is 0 Å². The van der Waals surface area contributed by atoms with Gasteiger partial charge in [0.05, 0.1) is 26.3 Å². The second kappa shape index (κ2) is 5.64. The van der Waals surface area contributed by atoms with Gasteiger partial charge in [-0.1, -0.05) is 23.2 Å². The number of aromatic nitrogens is 1. The number of oxazole rings is 1. The summed E-state index contributed by atoms with van der Waals surface area (Å²) in [6, 6.07) is 2.18. The van der Waals surface area contributed by atoms with E-state index in [1.807, 2.05) is 0 Å². The quantitative estimate of drug-likeness (QED) is 0.880. The Kier molecular flexibility index (Phi) is 4.24. The molecule has 3 N–H and O–H groups in total. The summed E-state index contributed by atoms with van der Waals surface area (Å²) in [5.74, 6) is -0.616. The molecule has 0 bridgehead atoms. The number of aryl methyl sites for hydroxylation is 1.